The maximum Gasteiger partial charge on any atom is 0.241 e. The summed E-state index contributed by atoms with van der Waals surface area (Å²) in [6, 6.07) is 10.4. The van der Waals surface area contributed by atoms with Crippen LogP contribution >= 0.6 is 0 Å². The molecule has 1 aromatic rings. The molecule has 0 radical (unpaired) electrons. The van der Waals surface area contributed by atoms with Crippen molar-refractivity contribution >= 4 is 11.8 Å². The minimum absolute atomic E-state index is 0.0935. The summed E-state index contributed by atoms with van der Waals surface area (Å²) in [6.07, 6.45) is 1.37. The van der Waals surface area contributed by atoms with Crippen LogP contribution < -0.4 is 11.1 Å². The van der Waals surface area contributed by atoms with Crippen molar-refractivity contribution in [2.45, 2.75) is 50.7 Å². The van der Waals surface area contributed by atoms with Crippen molar-refractivity contribution in [3.8, 4) is 6.07 Å². The first kappa shape index (κ1) is 18.0. The van der Waals surface area contributed by atoms with E-state index in [1.54, 1.807) is 0 Å². The number of hydrogen-bond donors (Lipinski definition) is 2. The second-order valence-electron chi connectivity index (χ2n) is 6.67. The molecule has 1 heterocycles. The molecule has 1 saturated heterocycles. The summed E-state index contributed by atoms with van der Waals surface area (Å²) in [7, 11) is 0. The predicted octanol–water partition coefficient (Wildman–Crippen LogP) is 1.27. The Hall–Kier alpha value is -2.39. The van der Waals surface area contributed by atoms with Gasteiger partial charge < -0.3 is 16.0 Å². The molecule has 2 atom stereocenters. The van der Waals surface area contributed by atoms with Crippen molar-refractivity contribution in [2.75, 3.05) is 6.54 Å². The Morgan fingerprint density at radius 1 is 1.42 bits per heavy atom. The van der Waals surface area contributed by atoms with Gasteiger partial charge in [0.2, 0.25) is 11.8 Å². The maximum absolute atomic E-state index is 12.4. The van der Waals surface area contributed by atoms with Crippen LogP contribution in [0, 0.1) is 11.3 Å². The number of carbonyl (C=O) groups excluding carboxylic acids is 2. The molecule has 1 aliphatic rings. The Morgan fingerprint density at radius 3 is 2.71 bits per heavy atom. The van der Waals surface area contributed by atoms with Gasteiger partial charge in [-0.15, -0.1) is 0 Å². The van der Waals surface area contributed by atoms with Gasteiger partial charge in [-0.25, -0.2) is 0 Å². The fourth-order valence-corrected chi connectivity index (χ4v) is 2.99. The largest absolute Gasteiger partial charge is 0.347 e. The van der Waals surface area contributed by atoms with Gasteiger partial charge in [-0.05, 0) is 32.3 Å². The number of nitriles is 1. The molecule has 0 aliphatic carbocycles. The molecule has 3 N–H and O–H groups in total. The highest BCUT2D eigenvalue weighted by molar-refractivity contribution is 5.89. The van der Waals surface area contributed by atoms with Crippen LogP contribution in [0.3, 0.4) is 0 Å². The molecular formula is C18H24N4O2. The Labute approximate surface area is 142 Å². The molecule has 6 heteroatoms. The van der Waals surface area contributed by atoms with Gasteiger partial charge in [-0.3, -0.25) is 9.59 Å². The van der Waals surface area contributed by atoms with Crippen LogP contribution in [-0.4, -0.2) is 35.3 Å². The lowest BCUT2D eigenvalue weighted by Crippen LogP contribution is -2.49. The van der Waals surface area contributed by atoms with Crippen LogP contribution in [0.4, 0.5) is 0 Å². The SMILES string of the molecule is CC(C)(NC(=O)CC(N)C(=O)N1CCCC1C#N)c1ccccc1. The lowest BCUT2D eigenvalue weighted by molar-refractivity contribution is -0.135. The zero-order valence-corrected chi connectivity index (χ0v) is 14.2. The third-order valence-electron chi connectivity index (χ3n) is 4.35. The molecule has 2 rings (SSSR count). The van der Waals surface area contributed by atoms with Gasteiger partial charge in [-0.1, -0.05) is 30.3 Å². The first-order chi connectivity index (χ1) is 11.3. The maximum atomic E-state index is 12.4. The summed E-state index contributed by atoms with van der Waals surface area (Å²) in [5.41, 5.74) is 6.33. The van der Waals surface area contributed by atoms with Crippen molar-refractivity contribution in [1.29, 1.82) is 5.26 Å². The number of nitrogens with two attached hydrogens (primary N) is 1. The van der Waals surface area contributed by atoms with Crippen molar-refractivity contribution in [1.82, 2.24) is 10.2 Å². The van der Waals surface area contributed by atoms with E-state index in [0.717, 1.165) is 12.0 Å². The van der Waals surface area contributed by atoms with Crippen LogP contribution in [0.15, 0.2) is 30.3 Å². The first-order valence-electron chi connectivity index (χ1n) is 8.17. The van der Waals surface area contributed by atoms with E-state index in [2.05, 4.69) is 11.4 Å². The number of carbonyl (C=O) groups is 2. The minimum Gasteiger partial charge on any atom is -0.347 e. The van der Waals surface area contributed by atoms with Gasteiger partial charge >= 0.3 is 0 Å². The highest BCUT2D eigenvalue weighted by atomic mass is 16.2. The van der Waals surface area contributed by atoms with Crippen LogP contribution in [0.25, 0.3) is 0 Å². The molecule has 2 amide bonds. The number of nitrogens with zero attached hydrogens (tertiary/aromatic N) is 2. The summed E-state index contributed by atoms with van der Waals surface area (Å²) in [5, 5.41) is 12.0. The van der Waals surface area contributed by atoms with Crippen LogP contribution in [0.5, 0.6) is 0 Å². The van der Waals surface area contributed by atoms with Gasteiger partial charge in [-0.2, -0.15) is 5.26 Å². The average Bonchev–Trinajstić information content (AvgIpc) is 3.02. The van der Waals surface area contributed by atoms with E-state index in [1.807, 2.05) is 44.2 Å². The highest BCUT2D eigenvalue weighted by Gasteiger charge is 2.33. The van der Waals surface area contributed by atoms with Gasteiger partial charge in [0, 0.05) is 6.54 Å². The monoisotopic (exact) mass is 328 g/mol. The molecule has 0 saturated carbocycles. The number of benzene rings is 1. The summed E-state index contributed by atoms with van der Waals surface area (Å²) in [6.45, 7) is 4.33. The third kappa shape index (κ3) is 4.12. The van der Waals surface area contributed by atoms with E-state index in [9.17, 15) is 9.59 Å². The molecule has 24 heavy (non-hydrogen) atoms. The van der Waals surface area contributed by atoms with Crippen molar-refractivity contribution < 1.29 is 9.59 Å². The summed E-state index contributed by atoms with van der Waals surface area (Å²) in [5.74, 6) is -0.607. The van der Waals surface area contributed by atoms with Gasteiger partial charge in [0.1, 0.15) is 6.04 Å². The van der Waals surface area contributed by atoms with E-state index in [4.69, 9.17) is 11.0 Å². The molecule has 1 aromatic carbocycles. The first-order valence-corrected chi connectivity index (χ1v) is 8.17. The number of amides is 2. The fraction of sp³-hybridized carbons (Fsp3) is 0.500. The number of hydrogen-bond acceptors (Lipinski definition) is 4. The van der Waals surface area contributed by atoms with Crippen LogP contribution in [-0.2, 0) is 15.1 Å². The quantitative estimate of drug-likeness (QED) is 0.850. The molecule has 6 nitrogen and oxygen atoms in total. The Bertz CT molecular complexity index is 636. The standard InChI is InChI=1S/C18H24N4O2/c1-18(2,13-7-4-3-5-8-13)21-16(23)11-15(20)17(24)22-10-6-9-14(22)12-19/h3-5,7-8,14-15H,6,9-11,20H2,1-2H3,(H,21,23). The third-order valence-corrected chi connectivity index (χ3v) is 4.35. The summed E-state index contributed by atoms with van der Waals surface area (Å²) >= 11 is 0. The number of rotatable bonds is 5. The molecule has 0 bridgehead atoms. The second-order valence-corrected chi connectivity index (χ2v) is 6.67. The lowest BCUT2D eigenvalue weighted by atomic mass is 9.94. The van der Waals surface area contributed by atoms with Crippen molar-refractivity contribution in [2.24, 2.45) is 5.73 Å². The highest BCUT2D eigenvalue weighted by Crippen LogP contribution is 2.20. The topological polar surface area (TPSA) is 99.2 Å². The summed E-state index contributed by atoms with van der Waals surface area (Å²) < 4.78 is 0. The normalized spacial score (nSPS) is 18.8. The lowest BCUT2D eigenvalue weighted by Gasteiger charge is -2.28. The molecule has 128 valence electrons. The summed E-state index contributed by atoms with van der Waals surface area (Å²) in [4.78, 5) is 26.1. The van der Waals surface area contributed by atoms with E-state index < -0.39 is 17.6 Å². The molecule has 1 fully saturated rings. The van der Waals surface area contributed by atoms with E-state index in [-0.39, 0.29) is 18.2 Å². The zero-order valence-electron chi connectivity index (χ0n) is 14.2. The molecule has 0 aromatic heterocycles. The number of nitrogens with one attached hydrogen (secondary N) is 1. The Balaban J connectivity index is 1.94. The van der Waals surface area contributed by atoms with Gasteiger partial charge in [0.05, 0.1) is 24.1 Å². The Kier molecular flexibility index (Phi) is 5.58. The van der Waals surface area contributed by atoms with Gasteiger partial charge in [0.25, 0.3) is 0 Å². The zero-order chi connectivity index (χ0) is 17.7. The molecule has 0 spiro atoms. The number of likely N-dealkylation sites (tertiary alicyclic amines) is 1. The average molecular weight is 328 g/mol. The minimum atomic E-state index is -0.925. The van der Waals surface area contributed by atoms with E-state index in [1.165, 1.54) is 4.90 Å². The fourth-order valence-electron chi connectivity index (χ4n) is 2.99. The predicted molar refractivity (Wildman–Crippen MR) is 90.6 cm³/mol. The Morgan fingerprint density at radius 2 is 2.08 bits per heavy atom. The van der Waals surface area contributed by atoms with E-state index in [0.29, 0.717) is 13.0 Å². The smallest absolute Gasteiger partial charge is 0.241 e. The van der Waals surface area contributed by atoms with Gasteiger partial charge in [0.15, 0.2) is 0 Å². The molecule has 1 aliphatic heterocycles. The van der Waals surface area contributed by atoms with E-state index >= 15 is 0 Å². The van der Waals surface area contributed by atoms with Crippen LogP contribution in [0.1, 0.15) is 38.7 Å². The molecular weight excluding hydrogens is 304 g/mol. The van der Waals surface area contributed by atoms with Crippen molar-refractivity contribution in [3.05, 3.63) is 35.9 Å². The second kappa shape index (κ2) is 7.45. The van der Waals surface area contributed by atoms with Crippen molar-refractivity contribution in [3.63, 3.8) is 0 Å². The van der Waals surface area contributed by atoms with Crippen LogP contribution in [0.2, 0.25) is 0 Å². The molecule has 2 unspecified atom stereocenters.